The van der Waals surface area contributed by atoms with E-state index < -0.39 is 0 Å². The minimum absolute atomic E-state index is 0.460. The third-order valence-electron chi connectivity index (χ3n) is 4.62. The van der Waals surface area contributed by atoms with Gasteiger partial charge in [0.25, 0.3) is 0 Å². The van der Waals surface area contributed by atoms with Gasteiger partial charge in [-0.1, -0.05) is 44.0 Å². The highest BCUT2D eigenvalue weighted by Gasteiger charge is 2.23. The van der Waals surface area contributed by atoms with Crippen molar-refractivity contribution in [2.24, 2.45) is 0 Å². The average molecular weight is 274 g/mol. The summed E-state index contributed by atoms with van der Waals surface area (Å²) < 4.78 is 0. The summed E-state index contributed by atoms with van der Waals surface area (Å²) in [5, 5.41) is 3.74. The van der Waals surface area contributed by atoms with Crippen molar-refractivity contribution < 1.29 is 0 Å². The van der Waals surface area contributed by atoms with Crippen LogP contribution in [0.4, 0.5) is 0 Å². The minimum atomic E-state index is 0.460. The standard InChI is InChI=1S/C18H30N2/c1-4-13-19-18(17-12-8-5-9-15(17)2)14-20(3)16-10-6-7-11-16/h5,8-9,12,16,18-19H,4,6-7,10-11,13-14H2,1-3H3. The molecule has 0 radical (unpaired) electrons. The lowest BCUT2D eigenvalue weighted by atomic mass is 10.00. The predicted octanol–water partition coefficient (Wildman–Crippen LogP) is 3.91. The van der Waals surface area contributed by atoms with Crippen LogP contribution in [-0.2, 0) is 0 Å². The van der Waals surface area contributed by atoms with Gasteiger partial charge >= 0.3 is 0 Å². The molecule has 1 aromatic carbocycles. The number of nitrogens with zero attached hydrogens (tertiary/aromatic N) is 1. The molecular formula is C18H30N2. The number of rotatable bonds is 7. The van der Waals surface area contributed by atoms with E-state index in [0.29, 0.717) is 6.04 Å². The molecule has 1 aromatic rings. The lowest BCUT2D eigenvalue weighted by molar-refractivity contribution is 0.219. The second-order valence-electron chi connectivity index (χ2n) is 6.24. The van der Waals surface area contributed by atoms with Crippen LogP contribution in [0.15, 0.2) is 24.3 Å². The summed E-state index contributed by atoms with van der Waals surface area (Å²) in [6.07, 6.45) is 6.77. The molecule has 0 aliphatic heterocycles. The molecule has 2 nitrogen and oxygen atoms in total. The van der Waals surface area contributed by atoms with Crippen molar-refractivity contribution in [3.05, 3.63) is 35.4 Å². The fraction of sp³-hybridized carbons (Fsp3) is 0.667. The summed E-state index contributed by atoms with van der Waals surface area (Å²) in [4.78, 5) is 2.58. The van der Waals surface area contributed by atoms with E-state index >= 15 is 0 Å². The molecule has 2 heteroatoms. The summed E-state index contributed by atoms with van der Waals surface area (Å²) in [7, 11) is 2.30. The Bertz CT molecular complexity index is 396. The van der Waals surface area contributed by atoms with Crippen LogP contribution in [0, 0.1) is 6.92 Å². The molecule has 1 saturated carbocycles. The van der Waals surface area contributed by atoms with Crippen molar-refractivity contribution in [1.82, 2.24) is 10.2 Å². The quantitative estimate of drug-likeness (QED) is 0.811. The Morgan fingerprint density at radius 1 is 1.25 bits per heavy atom. The van der Waals surface area contributed by atoms with E-state index in [-0.39, 0.29) is 0 Å². The van der Waals surface area contributed by atoms with Gasteiger partial charge in [-0.3, -0.25) is 0 Å². The van der Waals surface area contributed by atoms with Gasteiger partial charge in [-0.25, -0.2) is 0 Å². The number of likely N-dealkylation sites (N-methyl/N-ethyl adjacent to an activating group) is 1. The third-order valence-corrected chi connectivity index (χ3v) is 4.62. The Balaban J connectivity index is 2.04. The molecule has 2 rings (SSSR count). The van der Waals surface area contributed by atoms with E-state index in [2.05, 4.69) is 55.4 Å². The van der Waals surface area contributed by atoms with Crippen molar-refractivity contribution in [2.45, 2.75) is 58.0 Å². The van der Waals surface area contributed by atoms with E-state index in [1.807, 2.05) is 0 Å². The van der Waals surface area contributed by atoms with Gasteiger partial charge < -0.3 is 10.2 Å². The first-order chi connectivity index (χ1) is 9.72. The zero-order valence-corrected chi connectivity index (χ0v) is 13.4. The van der Waals surface area contributed by atoms with Crippen LogP contribution in [0.2, 0.25) is 0 Å². The van der Waals surface area contributed by atoms with Crippen LogP contribution >= 0.6 is 0 Å². The zero-order valence-electron chi connectivity index (χ0n) is 13.4. The summed E-state index contributed by atoms with van der Waals surface area (Å²) in [5.41, 5.74) is 2.87. The topological polar surface area (TPSA) is 15.3 Å². The maximum Gasteiger partial charge on any atom is 0.0451 e. The zero-order chi connectivity index (χ0) is 14.4. The van der Waals surface area contributed by atoms with Crippen molar-refractivity contribution in [3.63, 3.8) is 0 Å². The summed E-state index contributed by atoms with van der Waals surface area (Å²) in [6, 6.07) is 10.1. The number of hydrogen-bond acceptors (Lipinski definition) is 2. The number of aryl methyl sites for hydroxylation is 1. The molecule has 0 spiro atoms. The van der Waals surface area contributed by atoms with Gasteiger partial charge in [0.1, 0.15) is 0 Å². The molecule has 0 amide bonds. The molecule has 1 aliphatic carbocycles. The van der Waals surface area contributed by atoms with E-state index in [0.717, 1.165) is 19.1 Å². The van der Waals surface area contributed by atoms with Crippen LogP contribution in [-0.4, -0.2) is 31.1 Å². The van der Waals surface area contributed by atoms with Crippen LogP contribution in [0.3, 0.4) is 0 Å². The molecule has 0 saturated heterocycles. The molecule has 112 valence electrons. The first-order valence-corrected chi connectivity index (χ1v) is 8.21. The van der Waals surface area contributed by atoms with Crippen molar-refractivity contribution in [1.29, 1.82) is 0 Å². The largest absolute Gasteiger partial charge is 0.309 e. The van der Waals surface area contributed by atoms with Crippen molar-refractivity contribution in [2.75, 3.05) is 20.1 Å². The molecule has 1 unspecified atom stereocenters. The molecule has 1 fully saturated rings. The van der Waals surface area contributed by atoms with Gasteiger partial charge in [0.2, 0.25) is 0 Å². The summed E-state index contributed by atoms with van der Waals surface area (Å²) in [6.45, 7) is 6.68. The Morgan fingerprint density at radius 2 is 1.95 bits per heavy atom. The fourth-order valence-corrected chi connectivity index (χ4v) is 3.35. The van der Waals surface area contributed by atoms with Gasteiger partial charge in [-0.2, -0.15) is 0 Å². The molecule has 1 N–H and O–H groups in total. The molecule has 1 atom stereocenters. The van der Waals surface area contributed by atoms with Crippen molar-refractivity contribution in [3.8, 4) is 0 Å². The van der Waals surface area contributed by atoms with Crippen LogP contribution in [0.5, 0.6) is 0 Å². The van der Waals surface area contributed by atoms with E-state index in [1.165, 1.54) is 43.2 Å². The smallest absolute Gasteiger partial charge is 0.0451 e. The fourth-order valence-electron chi connectivity index (χ4n) is 3.35. The predicted molar refractivity (Wildman–Crippen MR) is 87.1 cm³/mol. The van der Waals surface area contributed by atoms with E-state index in [9.17, 15) is 0 Å². The molecule has 0 aromatic heterocycles. The second kappa shape index (κ2) is 7.80. The Kier molecular flexibility index (Phi) is 6.06. The molecular weight excluding hydrogens is 244 g/mol. The second-order valence-corrected chi connectivity index (χ2v) is 6.24. The third kappa shape index (κ3) is 4.07. The monoisotopic (exact) mass is 274 g/mol. The van der Waals surface area contributed by atoms with Gasteiger partial charge in [0, 0.05) is 18.6 Å². The van der Waals surface area contributed by atoms with Crippen LogP contribution < -0.4 is 5.32 Å². The first kappa shape index (κ1) is 15.5. The molecule has 1 aliphatic rings. The lowest BCUT2D eigenvalue weighted by Crippen LogP contribution is -2.38. The summed E-state index contributed by atoms with van der Waals surface area (Å²) >= 11 is 0. The Morgan fingerprint density at radius 3 is 2.60 bits per heavy atom. The first-order valence-electron chi connectivity index (χ1n) is 8.21. The molecule has 20 heavy (non-hydrogen) atoms. The number of nitrogens with one attached hydrogen (secondary N) is 1. The summed E-state index contributed by atoms with van der Waals surface area (Å²) in [5.74, 6) is 0. The maximum atomic E-state index is 3.74. The highest BCUT2D eigenvalue weighted by atomic mass is 15.2. The van der Waals surface area contributed by atoms with Crippen LogP contribution in [0.1, 0.15) is 56.2 Å². The van der Waals surface area contributed by atoms with Gasteiger partial charge in [-0.05, 0) is 50.9 Å². The van der Waals surface area contributed by atoms with Gasteiger partial charge in [0.15, 0.2) is 0 Å². The Hall–Kier alpha value is -0.860. The average Bonchev–Trinajstić information content (AvgIpc) is 2.98. The highest BCUT2D eigenvalue weighted by Crippen LogP contribution is 2.25. The molecule has 0 heterocycles. The van der Waals surface area contributed by atoms with E-state index in [4.69, 9.17) is 0 Å². The molecule has 0 bridgehead atoms. The van der Waals surface area contributed by atoms with Crippen molar-refractivity contribution >= 4 is 0 Å². The lowest BCUT2D eigenvalue weighted by Gasteiger charge is -2.30. The van der Waals surface area contributed by atoms with E-state index in [1.54, 1.807) is 0 Å². The Labute approximate surface area is 124 Å². The highest BCUT2D eigenvalue weighted by molar-refractivity contribution is 5.29. The van der Waals surface area contributed by atoms with Gasteiger partial charge in [-0.15, -0.1) is 0 Å². The minimum Gasteiger partial charge on any atom is -0.309 e. The maximum absolute atomic E-state index is 3.74. The number of hydrogen-bond donors (Lipinski definition) is 1. The normalized spacial score (nSPS) is 17.8. The SMILES string of the molecule is CCCNC(CN(C)C1CCCC1)c1ccccc1C. The van der Waals surface area contributed by atoms with Crippen LogP contribution in [0.25, 0.3) is 0 Å². The number of benzene rings is 1. The van der Waals surface area contributed by atoms with Gasteiger partial charge in [0.05, 0.1) is 0 Å².